The van der Waals surface area contributed by atoms with E-state index in [1.807, 2.05) is 6.92 Å². The zero-order valence-corrected chi connectivity index (χ0v) is 9.63. The molecule has 0 bridgehead atoms. The summed E-state index contributed by atoms with van der Waals surface area (Å²) in [6.45, 7) is 1.20. The van der Waals surface area contributed by atoms with Crippen LogP contribution in [0.3, 0.4) is 0 Å². The summed E-state index contributed by atoms with van der Waals surface area (Å²) in [6, 6.07) is 0. The molecule has 16 heavy (non-hydrogen) atoms. The van der Waals surface area contributed by atoms with Crippen LogP contribution in [0, 0.1) is 5.92 Å². The molecule has 0 radical (unpaired) electrons. The lowest BCUT2D eigenvalue weighted by atomic mass is 9.95. The van der Waals surface area contributed by atoms with E-state index in [1.165, 1.54) is 0 Å². The standard InChI is InChI=1S/C11H21F3O2/c1-2-3-4-5-6-7-9(10(16)8-15)11(12,13)14/h9-10,15-16H,2-8H2,1H3/t9-,10+/m0/s1. The van der Waals surface area contributed by atoms with E-state index in [2.05, 4.69) is 0 Å². The van der Waals surface area contributed by atoms with Crippen LogP contribution >= 0.6 is 0 Å². The molecule has 2 N–H and O–H groups in total. The minimum absolute atomic E-state index is 0.102. The number of aliphatic hydroxyl groups is 2. The summed E-state index contributed by atoms with van der Waals surface area (Å²) in [7, 11) is 0. The monoisotopic (exact) mass is 242 g/mol. The SMILES string of the molecule is CCCCCCC[C@@H]([C@H](O)CO)C(F)(F)F. The number of rotatable bonds is 8. The van der Waals surface area contributed by atoms with Crippen molar-refractivity contribution in [2.24, 2.45) is 5.92 Å². The van der Waals surface area contributed by atoms with E-state index in [0.29, 0.717) is 6.42 Å². The molecule has 0 unspecified atom stereocenters. The Morgan fingerprint density at radius 3 is 2.06 bits per heavy atom. The molecule has 2 atom stereocenters. The summed E-state index contributed by atoms with van der Waals surface area (Å²) in [5.74, 6) is -1.79. The van der Waals surface area contributed by atoms with Crippen molar-refractivity contribution in [1.82, 2.24) is 0 Å². The molecule has 5 heteroatoms. The number of hydrogen-bond donors (Lipinski definition) is 2. The first-order valence-electron chi connectivity index (χ1n) is 5.79. The molecular formula is C11H21F3O2. The lowest BCUT2D eigenvalue weighted by Crippen LogP contribution is -2.36. The highest BCUT2D eigenvalue weighted by molar-refractivity contribution is 4.75. The summed E-state index contributed by atoms with van der Waals surface area (Å²) in [5, 5.41) is 17.6. The van der Waals surface area contributed by atoms with Gasteiger partial charge >= 0.3 is 6.18 Å². The van der Waals surface area contributed by atoms with Crippen molar-refractivity contribution in [2.75, 3.05) is 6.61 Å². The molecular weight excluding hydrogens is 221 g/mol. The molecule has 0 aliphatic carbocycles. The molecule has 0 heterocycles. The van der Waals surface area contributed by atoms with Gasteiger partial charge in [0.1, 0.15) is 0 Å². The van der Waals surface area contributed by atoms with Crippen LogP contribution in [0.5, 0.6) is 0 Å². The maximum atomic E-state index is 12.5. The minimum atomic E-state index is -4.42. The Balaban J connectivity index is 3.94. The van der Waals surface area contributed by atoms with Crippen LogP contribution in [-0.2, 0) is 0 Å². The van der Waals surface area contributed by atoms with Gasteiger partial charge in [0.05, 0.1) is 18.6 Å². The highest BCUT2D eigenvalue weighted by atomic mass is 19.4. The Bertz CT molecular complexity index is 171. The van der Waals surface area contributed by atoms with Crippen LogP contribution < -0.4 is 0 Å². The van der Waals surface area contributed by atoms with Gasteiger partial charge in [0.15, 0.2) is 0 Å². The second kappa shape index (κ2) is 7.90. The first kappa shape index (κ1) is 15.7. The van der Waals surface area contributed by atoms with E-state index in [9.17, 15) is 13.2 Å². The number of unbranched alkanes of at least 4 members (excludes halogenated alkanes) is 4. The molecule has 0 aliphatic rings. The molecule has 0 amide bonds. The average molecular weight is 242 g/mol. The van der Waals surface area contributed by atoms with E-state index in [0.717, 1.165) is 25.7 Å². The van der Waals surface area contributed by atoms with Gasteiger partial charge in [0.2, 0.25) is 0 Å². The summed E-state index contributed by atoms with van der Waals surface area (Å²) < 4.78 is 37.4. The van der Waals surface area contributed by atoms with Crippen molar-refractivity contribution in [3.05, 3.63) is 0 Å². The highest BCUT2D eigenvalue weighted by Crippen LogP contribution is 2.33. The maximum absolute atomic E-state index is 12.5. The summed E-state index contributed by atoms with van der Waals surface area (Å²) in [4.78, 5) is 0. The third-order valence-electron chi connectivity index (χ3n) is 2.69. The van der Waals surface area contributed by atoms with Crippen molar-refractivity contribution in [2.45, 2.75) is 57.7 Å². The topological polar surface area (TPSA) is 40.5 Å². The van der Waals surface area contributed by atoms with E-state index in [-0.39, 0.29) is 6.42 Å². The minimum Gasteiger partial charge on any atom is -0.394 e. The van der Waals surface area contributed by atoms with Gasteiger partial charge in [-0.05, 0) is 6.42 Å². The number of halogens is 3. The molecule has 98 valence electrons. The lowest BCUT2D eigenvalue weighted by molar-refractivity contribution is -0.206. The van der Waals surface area contributed by atoms with Crippen LogP contribution in [0.15, 0.2) is 0 Å². The lowest BCUT2D eigenvalue weighted by Gasteiger charge is -2.23. The highest BCUT2D eigenvalue weighted by Gasteiger charge is 2.43. The fraction of sp³-hybridized carbons (Fsp3) is 1.00. The molecule has 0 aromatic carbocycles. The third-order valence-corrected chi connectivity index (χ3v) is 2.69. The molecule has 0 fully saturated rings. The Kier molecular flexibility index (Phi) is 7.76. The molecule has 2 nitrogen and oxygen atoms in total. The van der Waals surface area contributed by atoms with Gasteiger partial charge in [0, 0.05) is 0 Å². The Hall–Kier alpha value is -0.290. The van der Waals surface area contributed by atoms with Gasteiger partial charge in [-0.25, -0.2) is 0 Å². The average Bonchev–Trinajstić information content (AvgIpc) is 2.20. The Morgan fingerprint density at radius 2 is 1.62 bits per heavy atom. The van der Waals surface area contributed by atoms with Gasteiger partial charge in [-0.3, -0.25) is 0 Å². The van der Waals surface area contributed by atoms with Crippen molar-refractivity contribution in [1.29, 1.82) is 0 Å². The number of alkyl halides is 3. The molecule has 0 saturated carbocycles. The largest absolute Gasteiger partial charge is 0.394 e. The van der Waals surface area contributed by atoms with Crippen LogP contribution in [0.4, 0.5) is 13.2 Å². The molecule has 0 aromatic heterocycles. The van der Waals surface area contributed by atoms with Crippen molar-refractivity contribution in [3.63, 3.8) is 0 Å². The van der Waals surface area contributed by atoms with Gasteiger partial charge in [-0.2, -0.15) is 13.2 Å². The van der Waals surface area contributed by atoms with E-state index in [4.69, 9.17) is 10.2 Å². The van der Waals surface area contributed by atoms with E-state index >= 15 is 0 Å². The normalized spacial score (nSPS) is 16.1. The Morgan fingerprint density at radius 1 is 1.06 bits per heavy atom. The maximum Gasteiger partial charge on any atom is 0.394 e. The van der Waals surface area contributed by atoms with Gasteiger partial charge in [-0.15, -0.1) is 0 Å². The number of hydrogen-bond acceptors (Lipinski definition) is 2. The summed E-state index contributed by atoms with van der Waals surface area (Å²) in [5.41, 5.74) is 0. The Labute approximate surface area is 94.5 Å². The smallest absolute Gasteiger partial charge is 0.394 e. The van der Waals surface area contributed by atoms with Crippen molar-refractivity contribution < 1.29 is 23.4 Å². The predicted molar refractivity (Wildman–Crippen MR) is 56.0 cm³/mol. The van der Waals surface area contributed by atoms with Crippen LogP contribution in [-0.4, -0.2) is 29.1 Å². The molecule has 0 spiro atoms. The number of aliphatic hydroxyl groups excluding tert-OH is 2. The second-order valence-corrected chi connectivity index (χ2v) is 4.10. The van der Waals surface area contributed by atoms with Crippen LogP contribution in [0.2, 0.25) is 0 Å². The fourth-order valence-electron chi connectivity index (χ4n) is 1.67. The molecule has 0 aliphatic heterocycles. The van der Waals surface area contributed by atoms with Crippen molar-refractivity contribution in [3.8, 4) is 0 Å². The van der Waals surface area contributed by atoms with Crippen LogP contribution in [0.1, 0.15) is 45.4 Å². The molecule has 0 rings (SSSR count). The molecule has 0 aromatic rings. The molecule has 0 saturated heterocycles. The fourth-order valence-corrected chi connectivity index (χ4v) is 1.67. The predicted octanol–water partition coefficient (Wildman–Crippen LogP) is 2.88. The van der Waals surface area contributed by atoms with Crippen LogP contribution in [0.25, 0.3) is 0 Å². The second-order valence-electron chi connectivity index (χ2n) is 4.10. The first-order valence-corrected chi connectivity index (χ1v) is 5.79. The third kappa shape index (κ3) is 6.33. The van der Waals surface area contributed by atoms with Gasteiger partial charge < -0.3 is 10.2 Å². The zero-order valence-electron chi connectivity index (χ0n) is 9.63. The zero-order chi connectivity index (χ0) is 12.6. The van der Waals surface area contributed by atoms with E-state index < -0.39 is 24.8 Å². The van der Waals surface area contributed by atoms with Crippen molar-refractivity contribution >= 4 is 0 Å². The van der Waals surface area contributed by atoms with Gasteiger partial charge in [-0.1, -0.05) is 39.0 Å². The quantitative estimate of drug-likeness (QED) is 0.642. The summed E-state index contributed by atoms with van der Waals surface area (Å²) >= 11 is 0. The summed E-state index contributed by atoms with van der Waals surface area (Å²) in [6.07, 6.45) is -2.02. The van der Waals surface area contributed by atoms with Gasteiger partial charge in [0.25, 0.3) is 0 Å². The first-order chi connectivity index (χ1) is 7.43. The van der Waals surface area contributed by atoms with E-state index in [1.54, 1.807) is 0 Å².